The van der Waals surface area contributed by atoms with Gasteiger partial charge in [0.15, 0.2) is 10.8 Å². The van der Waals surface area contributed by atoms with Crippen molar-refractivity contribution in [2.45, 2.75) is 6.92 Å². The molecule has 3 aromatic rings. The molecule has 0 spiro atoms. The van der Waals surface area contributed by atoms with Crippen molar-refractivity contribution in [1.29, 1.82) is 0 Å². The number of carbonyl (C=O) groups is 1. The number of imidazole rings is 1. The van der Waals surface area contributed by atoms with Gasteiger partial charge < -0.3 is 19.4 Å². The lowest BCUT2D eigenvalue weighted by Crippen LogP contribution is -2.44. The van der Waals surface area contributed by atoms with E-state index in [0.717, 1.165) is 61.3 Å². The Labute approximate surface area is 214 Å². The Kier molecular flexibility index (Phi) is 6.24. The molecule has 3 aliphatic rings. The second-order valence-electron chi connectivity index (χ2n) is 9.37. The third kappa shape index (κ3) is 4.52. The van der Waals surface area contributed by atoms with Crippen molar-refractivity contribution in [3.8, 4) is 11.3 Å². The average Bonchev–Trinajstić information content (AvgIpc) is 3.48. The number of nitrogens with zero attached hydrogens (tertiary/aromatic N) is 7. The first-order valence-electron chi connectivity index (χ1n) is 12.3. The van der Waals surface area contributed by atoms with Gasteiger partial charge in [-0.2, -0.15) is 10.1 Å². The van der Waals surface area contributed by atoms with Crippen LogP contribution in [0.5, 0.6) is 0 Å². The minimum absolute atomic E-state index is 0.218. The molecular weight excluding hydrogens is 474 g/mol. The summed E-state index contributed by atoms with van der Waals surface area (Å²) in [4.78, 5) is 28.9. The molecule has 0 radical (unpaired) electrons. The number of aromatic nitrogens is 3. The Morgan fingerprint density at radius 3 is 2.58 bits per heavy atom. The summed E-state index contributed by atoms with van der Waals surface area (Å²) < 4.78 is 7.26. The molecule has 6 rings (SSSR count). The first-order valence-corrected chi connectivity index (χ1v) is 13.1. The van der Waals surface area contributed by atoms with E-state index in [-0.39, 0.29) is 5.91 Å². The third-order valence-corrected chi connectivity index (χ3v) is 7.93. The number of thioether (sulfide) groups is 1. The van der Waals surface area contributed by atoms with Gasteiger partial charge in [-0.15, -0.1) is 0 Å². The number of aryl methyl sites for hydroxylation is 1. The van der Waals surface area contributed by atoms with Crippen LogP contribution in [0.3, 0.4) is 0 Å². The van der Waals surface area contributed by atoms with E-state index in [9.17, 15) is 4.79 Å². The Hall–Kier alpha value is -3.21. The highest BCUT2D eigenvalue weighted by Crippen LogP contribution is 2.31. The topological polar surface area (TPSA) is 78.6 Å². The molecule has 0 bridgehead atoms. The van der Waals surface area contributed by atoms with Crippen LogP contribution in [0.1, 0.15) is 11.3 Å². The highest BCUT2D eigenvalue weighted by Gasteiger charge is 2.27. The van der Waals surface area contributed by atoms with Crippen LogP contribution in [0.25, 0.3) is 23.0 Å². The summed E-state index contributed by atoms with van der Waals surface area (Å²) in [6.07, 6.45) is 3.67. The largest absolute Gasteiger partial charge is 0.378 e. The van der Waals surface area contributed by atoms with Crippen molar-refractivity contribution in [1.82, 2.24) is 24.4 Å². The van der Waals surface area contributed by atoms with Gasteiger partial charge in [-0.05, 0) is 61.6 Å². The molecule has 186 valence electrons. The maximum absolute atomic E-state index is 12.6. The van der Waals surface area contributed by atoms with Crippen molar-refractivity contribution < 1.29 is 9.53 Å². The number of anilines is 1. The number of amides is 1. The molecule has 1 amide bonds. The maximum Gasteiger partial charge on any atom is 0.286 e. The van der Waals surface area contributed by atoms with Crippen LogP contribution in [0.2, 0.25) is 0 Å². The fourth-order valence-electron chi connectivity index (χ4n) is 4.80. The van der Waals surface area contributed by atoms with Crippen LogP contribution in [0.4, 0.5) is 5.69 Å². The fourth-order valence-corrected chi connectivity index (χ4v) is 5.75. The maximum atomic E-state index is 12.6. The summed E-state index contributed by atoms with van der Waals surface area (Å²) in [6, 6.07) is 10.4. The van der Waals surface area contributed by atoms with Crippen molar-refractivity contribution in [3.63, 3.8) is 0 Å². The number of aliphatic imine (C=N–C) groups is 1. The van der Waals surface area contributed by atoms with Gasteiger partial charge >= 0.3 is 0 Å². The minimum atomic E-state index is -0.218. The number of fused-ring (bicyclic) bond motifs is 1. The molecule has 2 fully saturated rings. The fraction of sp³-hybridized carbons (Fsp3) is 0.385. The number of rotatable bonds is 3. The van der Waals surface area contributed by atoms with E-state index in [4.69, 9.17) is 9.84 Å². The van der Waals surface area contributed by atoms with Crippen LogP contribution in [-0.2, 0) is 9.53 Å². The first kappa shape index (κ1) is 23.2. The smallest absolute Gasteiger partial charge is 0.286 e. The summed E-state index contributed by atoms with van der Waals surface area (Å²) in [6.45, 7) is 9.23. The summed E-state index contributed by atoms with van der Waals surface area (Å²) >= 11 is 1.40. The van der Waals surface area contributed by atoms with E-state index in [1.165, 1.54) is 23.0 Å². The SMILES string of the molecule is Cc1cc(-c2cnc3ccc(C=C4SC(N5CCOCC5)=NC4=O)nn23)ccc1N1CCN(C)CC1. The van der Waals surface area contributed by atoms with Gasteiger partial charge in [0.05, 0.1) is 35.7 Å². The molecule has 2 aromatic heterocycles. The van der Waals surface area contributed by atoms with Gasteiger partial charge in [-0.1, -0.05) is 6.07 Å². The standard InChI is InChI=1S/C26H29N7O2S/c1-18-15-19(3-5-21(18)31-9-7-30(2)8-10-31)22-17-27-24-6-4-20(29-33(22)24)16-23-25(34)28-26(36-23)32-11-13-35-14-12-32/h3-6,15-17H,7-14H2,1-2H3. The number of hydrogen-bond donors (Lipinski definition) is 0. The van der Waals surface area contributed by atoms with Gasteiger partial charge in [-0.3, -0.25) is 4.79 Å². The van der Waals surface area contributed by atoms with Crippen molar-refractivity contribution >= 4 is 40.2 Å². The van der Waals surface area contributed by atoms with Crippen LogP contribution < -0.4 is 4.90 Å². The van der Waals surface area contributed by atoms with Crippen LogP contribution in [-0.4, -0.2) is 95.0 Å². The molecule has 0 unspecified atom stereocenters. The van der Waals surface area contributed by atoms with Gasteiger partial charge in [0.25, 0.3) is 5.91 Å². The monoisotopic (exact) mass is 503 g/mol. The lowest BCUT2D eigenvalue weighted by atomic mass is 10.1. The number of morpholine rings is 1. The Bertz CT molecular complexity index is 1370. The quantitative estimate of drug-likeness (QED) is 0.505. The van der Waals surface area contributed by atoms with Gasteiger partial charge in [0.1, 0.15) is 0 Å². The molecule has 10 heteroatoms. The minimum Gasteiger partial charge on any atom is -0.378 e. The zero-order valence-corrected chi connectivity index (χ0v) is 21.4. The molecular formula is C26H29N7O2S. The molecule has 0 atom stereocenters. The van der Waals surface area contributed by atoms with E-state index >= 15 is 0 Å². The van der Waals surface area contributed by atoms with E-state index in [1.807, 2.05) is 28.9 Å². The van der Waals surface area contributed by atoms with E-state index in [2.05, 4.69) is 56.8 Å². The van der Waals surface area contributed by atoms with E-state index in [1.54, 1.807) is 0 Å². The predicted molar refractivity (Wildman–Crippen MR) is 143 cm³/mol. The van der Waals surface area contributed by atoms with Crippen LogP contribution in [0.15, 0.2) is 46.4 Å². The lowest BCUT2D eigenvalue weighted by Gasteiger charge is -2.35. The second-order valence-corrected chi connectivity index (χ2v) is 10.4. The molecule has 0 aliphatic carbocycles. The molecule has 3 aliphatic heterocycles. The lowest BCUT2D eigenvalue weighted by molar-refractivity contribution is -0.113. The van der Waals surface area contributed by atoms with Crippen molar-refractivity contribution in [3.05, 3.63) is 52.7 Å². The zero-order valence-electron chi connectivity index (χ0n) is 20.6. The zero-order chi connectivity index (χ0) is 24.6. The van der Waals surface area contributed by atoms with E-state index in [0.29, 0.717) is 23.8 Å². The number of hydrogen-bond acceptors (Lipinski definition) is 8. The molecule has 36 heavy (non-hydrogen) atoms. The van der Waals surface area contributed by atoms with Crippen LogP contribution >= 0.6 is 11.8 Å². The highest BCUT2D eigenvalue weighted by atomic mass is 32.2. The Balaban J connectivity index is 1.25. The molecule has 0 N–H and O–H groups in total. The van der Waals surface area contributed by atoms with Gasteiger partial charge in [0.2, 0.25) is 0 Å². The Morgan fingerprint density at radius 1 is 1.00 bits per heavy atom. The van der Waals surface area contributed by atoms with Gasteiger partial charge in [-0.25, -0.2) is 9.50 Å². The summed E-state index contributed by atoms with van der Waals surface area (Å²) in [5, 5.41) is 5.55. The third-order valence-electron chi connectivity index (χ3n) is 6.89. The molecule has 5 heterocycles. The summed E-state index contributed by atoms with van der Waals surface area (Å²) in [5.74, 6) is -0.218. The van der Waals surface area contributed by atoms with Crippen LogP contribution in [0, 0.1) is 6.92 Å². The van der Waals surface area contributed by atoms with E-state index < -0.39 is 0 Å². The normalized spacial score (nSPS) is 20.6. The van der Waals surface area contributed by atoms with Gasteiger partial charge in [0, 0.05) is 50.5 Å². The number of likely N-dealkylation sites (N-methyl/N-ethyl adjacent to an activating group) is 1. The highest BCUT2D eigenvalue weighted by molar-refractivity contribution is 8.18. The number of piperazine rings is 1. The number of carbonyl (C=O) groups excluding carboxylic acids is 1. The molecule has 0 saturated carbocycles. The summed E-state index contributed by atoms with van der Waals surface area (Å²) in [5.41, 5.74) is 5.98. The number of amidine groups is 1. The second kappa shape index (κ2) is 9.68. The Morgan fingerprint density at radius 2 is 1.81 bits per heavy atom. The molecule has 9 nitrogen and oxygen atoms in total. The van der Waals surface area contributed by atoms with Crippen molar-refractivity contribution in [2.24, 2.45) is 4.99 Å². The summed E-state index contributed by atoms with van der Waals surface area (Å²) in [7, 11) is 2.17. The average molecular weight is 504 g/mol. The predicted octanol–water partition coefficient (Wildman–Crippen LogP) is 2.76. The number of ether oxygens (including phenoxy) is 1. The first-order chi connectivity index (χ1) is 17.5. The molecule has 1 aromatic carbocycles. The van der Waals surface area contributed by atoms with Crippen molar-refractivity contribution in [2.75, 3.05) is 64.4 Å². The number of benzene rings is 1. The molecule has 2 saturated heterocycles.